The summed E-state index contributed by atoms with van der Waals surface area (Å²) >= 11 is 0. The molecule has 1 atom stereocenters. The van der Waals surface area contributed by atoms with Crippen LogP contribution in [0.15, 0.2) is 59.7 Å². The van der Waals surface area contributed by atoms with E-state index in [2.05, 4.69) is 0 Å². The van der Waals surface area contributed by atoms with Gasteiger partial charge in [-0.05, 0) is 13.8 Å². The van der Waals surface area contributed by atoms with Crippen LogP contribution < -0.4 is 0 Å². The van der Waals surface area contributed by atoms with Crippen molar-refractivity contribution in [3.63, 3.8) is 0 Å². The lowest BCUT2D eigenvalue weighted by Gasteiger charge is -2.22. The molecule has 1 unspecified atom stereocenters. The molecule has 0 saturated carbocycles. The van der Waals surface area contributed by atoms with Crippen LogP contribution in [-0.2, 0) is 0 Å². The Hall–Kier alpha value is -2.85. The van der Waals surface area contributed by atoms with Crippen molar-refractivity contribution in [2.75, 3.05) is 0 Å². The monoisotopic (exact) mass is 334 g/mol. The van der Waals surface area contributed by atoms with Crippen LogP contribution in [-0.4, -0.2) is 28.6 Å². The molecule has 1 aliphatic carbocycles. The van der Waals surface area contributed by atoms with Crippen molar-refractivity contribution in [2.24, 2.45) is 0 Å². The summed E-state index contributed by atoms with van der Waals surface area (Å²) in [5, 5.41) is 10.0. The number of fused-ring (bicyclic) bond motifs is 1. The number of rotatable bonds is 4. The highest BCUT2D eigenvalue weighted by molar-refractivity contribution is 6.28. The Morgan fingerprint density at radius 3 is 2.08 bits per heavy atom. The number of aliphatic hydroxyl groups is 1. The number of aliphatic hydroxyl groups excluding tert-OH is 1. The van der Waals surface area contributed by atoms with Gasteiger partial charge in [-0.15, -0.1) is 0 Å². The van der Waals surface area contributed by atoms with Crippen molar-refractivity contribution in [3.05, 3.63) is 81.9 Å². The fourth-order valence-electron chi connectivity index (χ4n) is 3.07. The molecule has 0 amide bonds. The van der Waals surface area contributed by atoms with Gasteiger partial charge in [-0.3, -0.25) is 14.4 Å². The summed E-state index contributed by atoms with van der Waals surface area (Å²) in [4.78, 5) is 38.1. The Balaban J connectivity index is 2.04. The molecule has 2 aromatic rings. The van der Waals surface area contributed by atoms with E-state index in [1.54, 1.807) is 36.4 Å². The molecule has 3 rings (SSSR count). The van der Waals surface area contributed by atoms with E-state index >= 15 is 0 Å². The number of carbonyl (C=O) groups is 3. The zero-order valence-electron chi connectivity index (χ0n) is 14.1. The van der Waals surface area contributed by atoms with E-state index in [-0.39, 0.29) is 40.3 Å². The molecule has 0 bridgehead atoms. The highest BCUT2D eigenvalue weighted by Crippen LogP contribution is 2.30. The maximum absolute atomic E-state index is 12.8. The van der Waals surface area contributed by atoms with Crippen LogP contribution in [0.2, 0.25) is 0 Å². The van der Waals surface area contributed by atoms with Gasteiger partial charge in [-0.25, -0.2) is 0 Å². The van der Waals surface area contributed by atoms with Crippen LogP contribution in [0.4, 0.5) is 0 Å². The van der Waals surface area contributed by atoms with Crippen LogP contribution in [0, 0.1) is 6.92 Å². The quantitative estimate of drug-likeness (QED) is 0.871. The SMILES string of the molecule is Cc1ccc(C(=O)CC2=C(C(C)O)C(=O)c3ccccc3C2=O)cc1. The Morgan fingerprint density at radius 2 is 1.52 bits per heavy atom. The highest BCUT2D eigenvalue weighted by Gasteiger charge is 2.34. The van der Waals surface area contributed by atoms with Crippen LogP contribution in [0.1, 0.15) is 50.0 Å². The molecule has 0 fully saturated rings. The van der Waals surface area contributed by atoms with Crippen LogP contribution in [0.3, 0.4) is 0 Å². The summed E-state index contributed by atoms with van der Waals surface area (Å²) in [7, 11) is 0. The Bertz CT molecular complexity index is 902. The minimum atomic E-state index is -1.12. The molecular weight excluding hydrogens is 316 g/mol. The van der Waals surface area contributed by atoms with Gasteiger partial charge < -0.3 is 5.11 Å². The largest absolute Gasteiger partial charge is 0.389 e. The fourth-order valence-corrected chi connectivity index (χ4v) is 3.07. The molecule has 0 aromatic heterocycles. The number of allylic oxidation sites excluding steroid dienone is 1. The molecule has 126 valence electrons. The summed E-state index contributed by atoms with van der Waals surface area (Å²) in [5.41, 5.74) is 2.16. The van der Waals surface area contributed by atoms with Crippen LogP contribution in [0.5, 0.6) is 0 Å². The number of carbonyl (C=O) groups excluding carboxylic acids is 3. The summed E-state index contributed by atoms with van der Waals surface area (Å²) in [6.45, 7) is 3.35. The normalized spacial score (nSPS) is 15.2. The van der Waals surface area contributed by atoms with Crippen molar-refractivity contribution in [1.82, 2.24) is 0 Å². The summed E-state index contributed by atoms with van der Waals surface area (Å²) < 4.78 is 0. The fraction of sp³-hybridized carbons (Fsp3) is 0.190. The first kappa shape index (κ1) is 17.0. The average Bonchev–Trinajstić information content (AvgIpc) is 2.59. The van der Waals surface area contributed by atoms with E-state index < -0.39 is 11.9 Å². The summed E-state index contributed by atoms with van der Waals surface area (Å²) in [5.74, 6) is -1.02. The van der Waals surface area contributed by atoms with Gasteiger partial charge in [0.15, 0.2) is 17.3 Å². The smallest absolute Gasteiger partial charge is 0.192 e. The van der Waals surface area contributed by atoms with Gasteiger partial charge >= 0.3 is 0 Å². The summed E-state index contributed by atoms with van der Waals surface area (Å²) in [6, 6.07) is 13.5. The minimum Gasteiger partial charge on any atom is -0.389 e. The first-order chi connectivity index (χ1) is 11.9. The molecule has 1 N–H and O–H groups in total. The second kappa shape index (κ2) is 6.57. The van der Waals surface area contributed by atoms with Gasteiger partial charge in [0.2, 0.25) is 0 Å². The van der Waals surface area contributed by atoms with E-state index in [9.17, 15) is 19.5 Å². The number of aryl methyl sites for hydroxylation is 1. The molecule has 2 aromatic carbocycles. The molecule has 25 heavy (non-hydrogen) atoms. The zero-order valence-corrected chi connectivity index (χ0v) is 14.1. The van der Waals surface area contributed by atoms with Gasteiger partial charge in [0.25, 0.3) is 0 Å². The number of ketones is 3. The van der Waals surface area contributed by atoms with E-state index in [1.807, 2.05) is 19.1 Å². The number of benzene rings is 2. The standard InChI is InChI=1S/C21H18O4/c1-12-7-9-14(10-8-12)18(23)11-17-19(13(2)22)21(25)16-6-4-3-5-15(16)20(17)24/h3-10,13,22H,11H2,1-2H3. The van der Waals surface area contributed by atoms with Crippen molar-refractivity contribution in [1.29, 1.82) is 0 Å². The molecule has 1 aliphatic rings. The lowest BCUT2D eigenvalue weighted by molar-refractivity contribution is 0.0923. The number of hydrogen-bond acceptors (Lipinski definition) is 4. The van der Waals surface area contributed by atoms with Crippen LogP contribution >= 0.6 is 0 Å². The topological polar surface area (TPSA) is 71.4 Å². The maximum atomic E-state index is 12.8. The lowest BCUT2D eigenvalue weighted by atomic mass is 9.80. The van der Waals surface area contributed by atoms with Gasteiger partial charge in [-0.2, -0.15) is 0 Å². The summed E-state index contributed by atoms with van der Waals surface area (Å²) in [6.07, 6.45) is -1.33. The van der Waals surface area contributed by atoms with Gasteiger partial charge in [-0.1, -0.05) is 54.1 Å². The lowest BCUT2D eigenvalue weighted by Crippen LogP contribution is -2.28. The second-order valence-corrected chi connectivity index (χ2v) is 6.24. The molecule has 0 spiro atoms. The van der Waals surface area contributed by atoms with Crippen molar-refractivity contribution in [3.8, 4) is 0 Å². The van der Waals surface area contributed by atoms with Crippen LogP contribution in [0.25, 0.3) is 0 Å². The third-order valence-corrected chi connectivity index (χ3v) is 4.39. The van der Waals surface area contributed by atoms with E-state index in [1.165, 1.54) is 6.92 Å². The predicted molar refractivity (Wildman–Crippen MR) is 93.9 cm³/mol. The predicted octanol–water partition coefficient (Wildman–Crippen LogP) is 3.32. The Kier molecular flexibility index (Phi) is 4.47. The number of hydrogen-bond donors (Lipinski definition) is 1. The minimum absolute atomic E-state index is 0.0177. The maximum Gasteiger partial charge on any atom is 0.192 e. The Morgan fingerprint density at radius 1 is 0.960 bits per heavy atom. The average molecular weight is 334 g/mol. The Labute approximate surface area is 145 Å². The first-order valence-electron chi connectivity index (χ1n) is 8.09. The van der Waals surface area contributed by atoms with Gasteiger partial charge in [0, 0.05) is 34.3 Å². The second-order valence-electron chi connectivity index (χ2n) is 6.24. The molecule has 0 saturated heterocycles. The zero-order chi connectivity index (χ0) is 18.1. The molecule has 4 heteroatoms. The molecular formula is C21H18O4. The third-order valence-electron chi connectivity index (χ3n) is 4.39. The first-order valence-corrected chi connectivity index (χ1v) is 8.09. The van der Waals surface area contributed by atoms with Crippen molar-refractivity contribution in [2.45, 2.75) is 26.4 Å². The van der Waals surface area contributed by atoms with E-state index in [0.717, 1.165) is 5.56 Å². The van der Waals surface area contributed by atoms with Crippen molar-refractivity contribution < 1.29 is 19.5 Å². The molecule has 0 heterocycles. The van der Waals surface area contributed by atoms with Gasteiger partial charge in [0.1, 0.15) is 0 Å². The van der Waals surface area contributed by atoms with Gasteiger partial charge in [0.05, 0.1) is 6.10 Å². The van der Waals surface area contributed by atoms with E-state index in [0.29, 0.717) is 5.56 Å². The molecule has 4 nitrogen and oxygen atoms in total. The van der Waals surface area contributed by atoms with Crippen molar-refractivity contribution >= 4 is 17.3 Å². The third kappa shape index (κ3) is 3.08. The highest BCUT2D eigenvalue weighted by atomic mass is 16.3. The molecule has 0 radical (unpaired) electrons. The van der Waals surface area contributed by atoms with E-state index in [4.69, 9.17) is 0 Å². The molecule has 0 aliphatic heterocycles. The number of Topliss-reactive ketones (excluding diaryl/α,β-unsaturated/α-hetero) is 3.